The highest BCUT2D eigenvalue weighted by atomic mass is 19.1. The first-order chi connectivity index (χ1) is 15.6. The molecule has 176 valence electrons. The molecule has 2 aromatic rings. The van der Waals surface area contributed by atoms with E-state index in [0.29, 0.717) is 30.2 Å². The van der Waals surface area contributed by atoms with Crippen molar-refractivity contribution in [3.05, 3.63) is 58.9 Å². The molecule has 2 atom stereocenters. The standard InChI is InChI=1S/C26H31FN2O4/c1-25(2,3)33-24(30)29-12-10-16(11-13-29)18-6-5-7-22-23(18)32-26(4,31-22)19-9-8-17(14-20(19)27)21-15-28-21/h5-9,14,16,21,28H,10-13,15H2,1-4H3. The molecule has 0 radical (unpaired) electrons. The summed E-state index contributed by atoms with van der Waals surface area (Å²) in [5, 5.41) is 3.19. The van der Waals surface area contributed by atoms with Gasteiger partial charge >= 0.3 is 6.09 Å². The lowest BCUT2D eigenvalue weighted by atomic mass is 9.89. The van der Waals surface area contributed by atoms with E-state index in [9.17, 15) is 4.79 Å². The summed E-state index contributed by atoms with van der Waals surface area (Å²) in [4.78, 5) is 14.2. The summed E-state index contributed by atoms with van der Waals surface area (Å²) in [5.41, 5.74) is 1.85. The number of rotatable bonds is 3. The maximum Gasteiger partial charge on any atom is 0.410 e. The second-order valence-electron chi connectivity index (χ2n) is 10.3. The van der Waals surface area contributed by atoms with Crippen LogP contribution in [0.4, 0.5) is 9.18 Å². The lowest BCUT2D eigenvalue weighted by Crippen LogP contribution is -2.41. The second-order valence-corrected chi connectivity index (χ2v) is 10.3. The van der Waals surface area contributed by atoms with Gasteiger partial charge in [0.05, 0.1) is 5.56 Å². The maximum atomic E-state index is 15.0. The molecule has 2 fully saturated rings. The van der Waals surface area contributed by atoms with Gasteiger partial charge < -0.3 is 24.4 Å². The van der Waals surface area contributed by atoms with Crippen molar-refractivity contribution in [2.75, 3.05) is 19.6 Å². The molecule has 3 aliphatic heterocycles. The summed E-state index contributed by atoms with van der Waals surface area (Å²) in [5.74, 6) is -0.0451. The minimum atomic E-state index is -1.23. The maximum absolute atomic E-state index is 15.0. The third-order valence-corrected chi connectivity index (χ3v) is 6.49. The Balaban J connectivity index is 1.32. The van der Waals surface area contributed by atoms with Gasteiger partial charge in [0.15, 0.2) is 11.5 Å². The van der Waals surface area contributed by atoms with Crippen LogP contribution in [0, 0.1) is 5.82 Å². The number of amides is 1. The molecule has 2 aromatic carbocycles. The van der Waals surface area contributed by atoms with Crippen LogP contribution in [0.25, 0.3) is 0 Å². The normalized spacial score (nSPS) is 24.6. The average molecular weight is 455 g/mol. The molecule has 0 bridgehead atoms. The van der Waals surface area contributed by atoms with Crippen LogP contribution in [0.15, 0.2) is 36.4 Å². The number of likely N-dealkylation sites (tertiary alicyclic amines) is 1. The quantitative estimate of drug-likeness (QED) is 0.643. The number of nitrogens with one attached hydrogen (secondary N) is 1. The second kappa shape index (κ2) is 7.90. The number of carbonyl (C=O) groups excluding carboxylic acids is 1. The Bertz CT molecular complexity index is 1070. The third-order valence-electron chi connectivity index (χ3n) is 6.49. The van der Waals surface area contributed by atoms with Gasteiger partial charge in [0.1, 0.15) is 11.4 Å². The zero-order valence-corrected chi connectivity index (χ0v) is 19.6. The summed E-state index contributed by atoms with van der Waals surface area (Å²) in [6, 6.07) is 11.3. The van der Waals surface area contributed by atoms with Crippen LogP contribution >= 0.6 is 0 Å². The topological polar surface area (TPSA) is 69.9 Å². The van der Waals surface area contributed by atoms with Gasteiger partial charge in [-0.25, -0.2) is 9.18 Å². The summed E-state index contributed by atoms with van der Waals surface area (Å²) in [6.07, 6.45) is 1.33. The molecule has 2 unspecified atom stereocenters. The van der Waals surface area contributed by atoms with E-state index in [2.05, 4.69) is 5.32 Å². The van der Waals surface area contributed by atoms with Crippen LogP contribution < -0.4 is 14.8 Å². The van der Waals surface area contributed by atoms with Crippen LogP contribution in [0.5, 0.6) is 11.5 Å². The highest BCUT2D eigenvalue weighted by Gasteiger charge is 2.43. The zero-order valence-electron chi connectivity index (χ0n) is 19.6. The Morgan fingerprint density at radius 1 is 1.18 bits per heavy atom. The smallest absolute Gasteiger partial charge is 0.410 e. The van der Waals surface area contributed by atoms with E-state index in [1.807, 2.05) is 45.0 Å². The molecular formula is C26H31FN2O4. The number of carbonyl (C=O) groups is 1. The Morgan fingerprint density at radius 2 is 1.91 bits per heavy atom. The van der Waals surface area contributed by atoms with Crippen LogP contribution in [0.1, 0.15) is 69.2 Å². The van der Waals surface area contributed by atoms with Crippen LogP contribution in [0.3, 0.4) is 0 Å². The Kier molecular flexibility index (Phi) is 5.27. The first kappa shape index (κ1) is 22.0. The molecule has 0 spiro atoms. The van der Waals surface area contributed by atoms with Crippen molar-refractivity contribution < 1.29 is 23.4 Å². The molecule has 3 heterocycles. The molecular weight excluding hydrogens is 423 g/mol. The fourth-order valence-electron chi connectivity index (χ4n) is 4.69. The Labute approximate surface area is 194 Å². The zero-order chi connectivity index (χ0) is 23.4. The number of hydrogen-bond donors (Lipinski definition) is 1. The van der Waals surface area contributed by atoms with E-state index in [4.69, 9.17) is 14.2 Å². The highest BCUT2D eigenvalue weighted by Crippen LogP contribution is 2.49. The van der Waals surface area contributed by atoms with Crippen LogP contribution in [0.2, 0.25) is 0 Å². The summed E-state index contributed by atoms with van der Waals surface area (Å²) in [6.45, 7) is 9.49. The van der Waals surface area contributed by atoms with Gasteiger partial charge in [0.25, 0.3) is 5.79 Å². The van der Waals surface area contributed by atoms with Gasteiger partial charge in [-0.1, -0.05) is 18.2 Å². The molecule has 7 heteroatoms. The van der Waals surface area contributed by atoms with E-state index in [1.54, 1.807) is 24.0 Å². The number of hydrogen-bond acceptors (Lipinski definition) is 5. The molecule has 33 heavy (non-hydrogen) atoms. The number of benzene rings is 2. The fraction of sp³-hybridized carbons (Fsp3) is 0.500. The number of nitrogens with zero attached hydrogens (tertiary/aromatic N) is 1. The van der Waals surface area contributed by atoms with Crippen LogP contribution in [-0.4, -0.2) is 36.2 Å². The number of halogens is 1. The van der Waals surface area contributed by atoms with E-state index < -0.39 is 11.4 Å². The average Bonchev–Trinajstić information content (AvgIpc) is 3.54. The SMILES string of the molecule is CC(C)(C)OC(=O)N1CCC(c2cccc3c2OC(C)(c2ccc(C4CN4)cc2F)O3)CC1. The molecule has 3 aliphatic rings. The Hall–Kier alpha value is -2.80. The number of piperidine rings is 1. The predicted molar refractivity (Wildman–Crippen MR) is 122 cm³/mol. The van der Waals surface area contributed by atoms with Crippen LogP contribution in [-0.2, 0) is 10.5 Å². The van der Waals surface area contributed by atoms with Crippen molar-refractivity contribution in [1.29, 1.82) is 0 Å². The molecule has 0 aromatic heterocycles. The molecule has 0 saturated carbocycles. The molecule has 6 nitrogen and oxygen atoms in total. The third kappa shape index (κ3) is 4.38. The molecule has 0 aliphatic carbocycles. The minimum absolute atomic E-state index is 0.220. The monoisotopic (exact) mass is 454 g/mol. The molecule has 5 rings (SSSR count). The van der Waals surface area contributed by atoms with Gasteiger partial charge in [0, 0.05) is 38.2 Å². The van der Waals surface area contributed by atoms with Crippen molar-refractivity contribution >= 4 is 6.09 Å². The van der Waals surface area contributed by atoms with Gasteiger partial charge in [-0.15, -0.1) is 0 Å². The number of para-hydroxylation sites is 1. The van der Waals surface area contributed by atoms with Gasteiger partial charge in [-0.2, -0.15) is 0 Å². The van der Waals surface area contributed by atoms with Gasteiger partial charge in [-0.3, -0.25) is 0 Å². The lowest BCUT2D eigenvalue weighted by molar-refractivity contribution is -0.0712. The number of ether oxygens (including phenoxy) is 3. The van der Waals surface area contributed by atoms with Crippen molar-refractivity contribution in [1.82, 2.24) is 10.2 Å². The van der Waals surface area contributed by atoms with Gasteiger partial charge in [0.2, 0.25) is 0 Å². The van der Waals surface area contributed by atoms with Crippen molar-refractivity contribution in [2.45, 2.75) is 63.9 Å². The van der Waals surface area contributed by atoms with E-state index in [0.717, 1.165) is 30.5 Å². The van der Waals surface area contributed by atoms with Crippen molar-refractivity contribution in [3.63, 3.8) is 0 Å². The summed E-state index contributed by atoms with van der Waals surface area (Å²) < 4.78 is 33.0. The molecule has 2 saturated heterocycles. The van der Waals surface area contributed by atoms with E-state index >= 15 is 4.39 Å². The van der Waals surface area contributed by atoms with E-state index in [1.165, 1.54) is 0 Å². The Morgan fingerprint density at radius 3 is 2.55 bits per heavy atom. The van der Waals surface area contributed by atoms with Gasteiger partial charge in [-0.05, 0) is 63.3 Å². The lowest BCUT2D eigenvalue weighted by Gasteiger charge is -2.34. The fourth-order valence-corrected chi connectivity index (χ4v) is 4.69. The summed E-state index contributed by atoms with van der Waals surface area (Å²) in [7, 11) is 0. The van der Waals surface area contributed by atoms with Crippen molar-refractivity contribution in [2.24, 2.45) is 0 Å². The number of fused-ring (bicyclic) bond motifs is 1. The predicted octanol–water partition coefficient (Wildman–Crippen LogP) is 5.23. The molecule has 1 amide bonds. The first-order valence-corrected chi connectivity index (χ1v) is 11.7. The highest BCUT2D eigenvalue weighted by molar-refractivity contribution is 5.68. The minimum Gasteiger partial charge on any atom is -0.444 e. The van der Waals surface area contributed by atoms with E-state index in [-0.39, 0.29) is 23.9 Å². The molecule has 1 N–H and O–H groups in total. The van der Waals surface area contributed by atoms with Crippen molar-refractivity contribution in [3.8, 4) is 11.5 Å². The summed E-state index contributed by atoms with van der Waals surface area (Å²) >= 11 is 0. The first-order valence-electron chi connectivity index (χ1n) is 11.7. The largest absolute Gasteiger partial charge is 0.444 e.